The molecule has 1 atom stereocenters. The van der Waals surface area contributed by atoms with Crippen molar-refractivity contribution in [2.75, 3.05) is 26.7 Å². The van der Waals surface area contributed by atoms with Gasteiger partial charge < -0.3 is 9.80 Å². The van der Waals surface area contributed by atoms with Gasteiger partial charge in [0.05, 0.1) is 22.5 Å². The van der Waals surface area contributed by atoms with Gasteiger partial charge in [-0.15, -0.1) is 11.3 Å². The van der Waals surface area contributed by atoms with Crippen LogP contribution in [0.15, 0.2) is 10.9 Å². The highest BCUT2D eigenvalue weighted by molar-refractivity contribution is 7.09. The average molecular weight is 351 g/mol. The summed E-state index contributed by atoms with van der Waals surface area (Å²) in [6.07, 6.45) is 1.08. The van der Waals surface area contributed by atoms with Gasteiger partial charge in [0, 0.05) is 36.4 Å². The molecular formula is C16H22N4OS2. The molecule has 3 rings (SSSR count). The number of carbonyl (C=O) groups excluding carboxylic acids is 1. The van der Waals surface area contributed by atoms with Gasteiger partial charge in [-0.3, -0.25) is 4.79 Å². The highest BCUT2D eigenvalue weighted by Gasteiger charge is 2.29. The molecule has 1 saturated heterocycles. The van der Waals surface area contributed by atoms with E-state index in [9.17, 15) is 4.79 Å². The van der Waals surface area contributed by atoms with E-state index < -0.39 is 0 Å². The van der Waals surface area contributed by atoms with Crippen molar-refractivity contribution in [1.29, 1.82) is 0 Å². The first-order valence-electron chi connectivity index (χ1n) is 7.82. The summed E-state index contributed by atoms with van der Waals surface area (Å²) in [5.41, 5.74) is 4.65. The minimum absolute atomic E-state index is 0.139. The monoisotopic (exact) mass is 350 g/mol. The van der Waals surface area contributed by atoms with Crippen molar-refractivity contribution >= 4 is 28.8 Å². The summed E-state index contributed by atoms with van der Waals surface area (Å²) in [4.78, 5) is 22.5. The molecular weight excluding hydrogens is 328 g/mol. The van der Waals surface area contributed by atoms with E-state index in [0.717, 1.165) is 49.6 Å². The smallest absolute Gasteiger partial charge is 0.256 e. The zero-order chi connectivity index (χ0) is 16.4. The number of likely N-dealkylation sites (tertiary alicyclic amines) is 1. The van der Waals surface area contributed by atoms with Crippen LogP contribution in [0.25, 0.3) is 0 Å². The largest absolute Gasteiger partial charge is 0.338 e. The minimum Gasteiger partial charge on any atom is -0.338 e. The molecule has 3 heterocycles. The second-order valence-electron chi connectivity index (χ2n) is 6.28. The van der Waals surface area contributed by atoms with E-state index in [1.807, 2.05) is 22.7 Å². The molecule has 5 nitrogen and oxygen atoms in total. The van der Waals surface area contributed by atoms with Crippen LogP contribution in [0.1, 0.15) is 33.0 Å². The Kier molecular flexibility index (Phi) is 5.08. The molecule has 1 aliphatic heterocycles. The van der Waals surface area contributed by atoms with E-state index in [0.29, 0.717) is 5.92 Å². The Bertz CT molecular complexity index is 681. The molecule has 1 fully saturated rings. The number of amides is 1. The Morgan fingerprint density at radius 3 is 2.91 bits per heavy atom. The van der Waals surface area contributed by atoms with Crippen LogP contribution in [-0.4, -0.2) is 51.7 Å². The Morgan fingerprint density at radius 1 is 1.43 bits per heavy atom. The van der Waals surface area contributed by atoms with Crippen LogP contribution in [0, 0.1) is 19.8 Å². The molecule has 0 aromatic carbocycles. The van der Waals surface area contributed by atoms with Gasteiger partial charge in [0.15, 0.2) is 0 Å². The van der Waals surface area contributed by atoms with E-state index in [2.05, 4.69) is 28.2 Å². The second-order valence-corrected chi connectivity index (χ2v) is 7.85. The van der Waals surface area contributed by atoms with Gasteiger partial charge in [0.1, 0.15) is 0 Å². The molecule has 0 aliphatic carbocycles. The SMILES string of the molecule is Cc1nscc1C(=O)N1CC[C@@H](CN(C)Cc2scnc2C)C1. The summed E-state index contributed by atoms with van der Waals surface area (Å²) in [7, 11) is 2.15. The van der Waals surface area contributed by atoms with Gasteiger partial charge in [-0.05, 0) is 44.8 Å². The van der Waals surface area contributed by atoms with Gasteiger partial charge in [-0.25, -0.2) is 4.98 Å². The number of nitrogens with zero attached hydrogens (tertiary/aromatic N) is 4. The number of hydrogen-bond donors (Lipinski definition) is 0. The van der Waals surface area contributed by atoms with Crippen LogP contribution >= 0.6 is 22.9 Å². The van der Waals surface area contributed by atoms with Crippen molar-refractivity contribution in [3.05, 3.63) is 32.7 Å². The van der Waals surface area contributed by atoms with E-state index in [1.165, 1.54) is 16.4 Å². The first-order chi connectivity index (χ1) is 11.0. The van der Waals surface area contributed by atoms with E-state index in [-0.39, 0.29) is 5.91 Å². The minimum atomic E-state index is 0.139. The topological polar surface area (TPSA) is 49.3 Å². The Morgan fingerprint density at radius 2 is 2.26 bits per heavy atom. The number of carbonyl (C=O) groups is 1. The van der Waals surface area contributed by atoms with Crippen molar-refractivity contribution < 1.29 is 4.79 Å². The summed E-state index contributed by atoms with van der Waals surface area (Å²) in [5, 5.41) is 1.86. The van der Waals surface area contributed by atoms with Gasteiger partial charge >= 0.3 is 0 Å². The van der Waals surface area contributed by atoms with Crippen LogP contribution in [0.3, 0.4) is 0 Å². The van der Waals surface area contributed by atoms with Crippen LogP contribution in [0.5, 0.6) is 0 Å². The summed E-state index contributed by atoms with van der Waals surface area (Å²) in [5.74, 6) is 0.684. The molecule has 7 heteroatoms. The molecule has 1 amide bonds. The number of hydrogen-bond acceptors (Lipinski definition) is 6. The van der Waals surface area contributed by atoms with E-state index in [1.54, 1.807) is 11.3 Å². The summed E-state index contributed by atoms with van der Waals surface area (Å²) in [6.45, 7) is 7.62. The molecule has 23 heavy (non-hydrogen) atoms. The molecule has 0 radical (unpaired) electrons. The van der Waals surface area contributed by atoms with Gasteiger partial charge in [0.2, 0.25) is 0 Å². The van der Waals surface area contributed by atoms with Crippen LogP contribution < -0.4 is 0 Å². The lowest BCUT2D eigenvalue weighted by Crippen LogP contribution is -2.31. The van der Waals surface area contributed by atoms with Crippen molar-refractivity contribution in [2.45, 2.75) is 26.8 Å². The molecule has 2 aromatic rings. The molecule has 2 aromatic heterocycles. The molecule has 1 aliphatic rings. The number of thiazole rings is 1. The summed E-state index contributed by atoms with van der Waals surface area (Å²) >= 11 is 3.08. The van der Waals surface area contributed by atoms with Crippen molar-refractivity contribution in [1.82, 2.24) is 19.2 Å². The fraction of sp³-hybridized carbons (Fsp3) is 0.562. The van der Waals surface area contributed by atoms with E-state index in [4.69, 9.17) is 0 Å². The maximum Gasteiger partial charge on any atom is 0.256 e. The maximum atomic E-state index is 12.5. The lowest BCUT2D eigenvalue weighted by atomic mass is 10.1. The highest BCUT2D eigenvalue weighted by atomic mass is 32.1. The third-order valence-corrected chi connectivity index (χ3v) is 6.02. The summed E-state index contributed by atoms with van der Waals surface area (Å²) in [6, 6.07) is 0. The fourth-order valence-electron chi connectivity index (χ4n) is 3.06. The molecule has 124 valence electrons. The van der Waals surface area contributed by atoms with Crippen molar-refractivity contribution in [2.24, 2.45) is 5.92 Å². The van der Waals surface area contributed by atoms with Crippen LogP contribution in [0.4, 0.5) is 0 Å². The third-order valence-electron chi connectivity index (χ3n) is 4.38. The van der Waals surface area contributed by atoms with Crippen LogP contribution in [-0.2, 0) is 6.54 Å². The second kappa shape index (κ2) is 7.07. The van der Waals surface area contributed by atoms with E-state index >= 15 is 0 Å². The van der Waals surface area contributed by atoms with Gasteiger partial charge in [-0.1, -0.05) is 0 Å². The van der Waals surface area contributed by atoms with Crippen molar-refractivity contribution in [3.8, 4) is 0 Å². The standard InChI is InChI=1S/C16H22N4OS2/c1-11-14(9-23-18-11)16(21)20-5-4-13(7-20)6-19(3)8-15-12(2)17-10-22-15/h9-10,13H,4-8H2,1-3H3/t13-/m0/s1. The normalized spacial score (nSPS) is 18.1. The molecule has 0 saturated carbocycles. The fourth-order valence-corrected chi connectivity index (χ4v) is 4.60. The molecule has 0 spiro atoms. The lowest BCUT2D eigenvalue weighted by Gasteiger charge is -2.21. The Labute approximate surface area is 145 Å². The first kappa shape index (κ1) is 16.5. The molecule has 0 bridgehead atoms. The first-order valence-corrected chi connectivity index (χ1v) is 9.54. The third kappa shape index (κ3) is 3.79. The zero-order valence-electron chi connectivity index (χ0n) is 13.8. The average Bonchev–Trinajstić information content (AvgIpc) is 3.22. The lowest BCUT2D eigenvalue weighted by molar-refractivity contribution is 0.0783. The quantitative estimate of drug-likeness (QED) is 0.832. The highest BCUT2D eigenvalue weighted by Crippen LogP contribution is 2.22. The zero-order valence-corrected chi connectivity index (χ0v) is 15.4. The maximum absolute atomic E-state index is 12.5. The predicted molar refractivity (Wildman–Crippen MR) is 94.0 cm³/mol. The van der Waals surface area contributed by atoms with Crippen molar-refractivity contribution in [3.63, 3.8) is 0 Å². The Hall–Kier alpha value is -1.31. The van der Waals surface area contributed by atoms with Crippen LogP contribution in [0.2, 0.25) is 0 Å². The van der Waals surface area contributed by atoms with Gasteiger partial charge in [-0.2, -0.15) is 4.37 Å². The Balaban J connectivity index is 1.53. The van der Waals surface area contributed by atoms with Gasteiger partial charge in [0.25, 0.3) is 5.91 Å². The number of aryl methyl sites for hydroxylation is 2. The number of aromatic nitrogens is 2. The molecule has 0 N–H and O–H groups in total. The number of rotatable bonds is 5. The predicted octanol–water partition coefficient (Wildman–Crippen LogP) is 2.81. The molecule has 0 unspecified atom stereocenters. The summed E-state index contributed by atoms with van der Waals surface area (Å²) < 4.78 is 4.21.